The molecule has 6 N–H and O–H groups in total. The molecule has 4 atom stereocenters. The summed E-state index contributed by atoms with van der Waals surface area (Å²) in [7, 11) is 0. The number of esters is 2. The van der Waals surface area contributed by atoms with Crippen LogP contribution in [-0.4, -0.2) is 65.4 Å². The van der Waals surface area contributed by atoms with Crippen LogP contribution in [0.3, 0.4) is 0 Å². The lowest BCUT2D eigenvalue weighted by Gasteiger charge is -2.17. The number of Topliss-reactive ketones (excluding diaryl/α,β-unsaturated/α-hetero) is 1. The minimum absolute atomic E-state index is 0.391. The molecule has 0 spiro atoms. The minimum atomic E-state index is -1.90. The fourth-order valence-corrected chi connectivity index (χ4v) is 1.78. The van der Waals surface area contributed by atoms with Gasteiger partial charge in [-0.3, -0.25) is 9.59 Å². The average molecular weight is 304 g/mol. The molecule has 0 saturated carbocycles. The smallest absolute Gasteiger partial charge is 0.343 e. The predicted molar refractivity (Wildman–Crippen MR) is 68.7 cm³/mol. The van der Waals surface area contributed by atoms with E-state index in [0.717, 1.165) is 6.42 Å². The molecular formula is C12H20N2O7. The van der Waals surface area contributed by atoms with Crippen molar-refractivity contribution in [2.45, 2.75) is 43.6 Å². The largest absolute Gasteiger partial charge is 0.462 e. The number of unbranched alkanes of at least 4 members (excludes halogenated alkanes) is 1. The van der Waals surface area contributed by atoms with Gasteiger partial charge < -0.3 is 31.2 Å². The van der Waals surface area contributed by atoms with Gasteiger partial charge in [0.15, 0.2) is 6.10 Å². The van der Waals surface area contributed by atoms with Gasteiger partial charge >= 0.3 is 11.9 Å². The zero-order valence-corrected chi connectivity index (χ0v) is 11.4. The molecule has 0 aromatic carbocycles. The van der Waals surface area contributed by atoms with E-state index in [2.05, 4.69) is 4.74 Å². The number of carbonyl (C=O) groups is 3. The fourth-order valence-electron chi connectivity index (χ4n) is 1.78. The van der Waals surface area contributed by atoms with Crippen molar-refractivity contribution in [1.29, 1.82) is 0 Å². The highest BCUT2D eigenvalue weighted by Gasteiger charge is 2.46. The Bertz CT molecular complexity index is 401. The number of ether oxygens (including phenoxy) is 2. The molecule has 0 aromatic heterocycles. The van der Waals surface area contributed by atoms with Crippen molar-refractivity contribution < 1.29 is 34.1 Å². The normalized spacial score (nSPS) is 24.6. The van der Waals surface area contributed by atoms with E-state index < -0.39 is 48.7 Å². The number of ketones is 1. The summed E-state index contributed by atoms with van der Waals surface area (Å²) >= 11 is 0. The van der Waals surface area contributed by atoms with Gasteiger partial charge in [0, 0.05) is 0 Å². The monoisotopic (exact) mass is 304 g/mol. The van der Waals surface area contributed by atoms with Crippen LogP contribution in [0.1, 0.15) is 19.3 Å². The predicted octanol–water partition coefficient (Wildman–Crippen LogP) is -2.80. The van der Waals surface area contributed by atoms with E-state index in [-0.39, 0.29) is 0 Å². The van der Waals surface area contributed by atoms with E-state index in [1.54, 1.807) is 0 Å². The molecular weight excluding hydrogens is 284 g/mol. The number of hydrogen-bond donors (Lipinski definition) is 4. The van der Waals surface area contributed by atoms with Crippen LogP contribution >= 0.6 is 0 Å². The first-order valence-corrected chi connectivity index (χ1v) is 6.61. The molecule has 1 heterocycles. The summed E-state index contributed by atoms with van der Waals surface area (Å²) in [5.74, 6) is -2.83. The van der Waals surface area contributed by atoms with Crippen molar-refractivity contribution in [2.75, 3.05) is 13.2 Å². The highest BCUT2D eigenvalue weighted by atomic mass is 16.6. The standard InChI is InChI=1S/C12H20N2O7/c13-4-2-1-3-6(14)11(18)20-5-7(15)10-8(16)9(17)12(19)21-10/h6-7,9-10,15,17H,1-5,13-14H2/t6-,7-,9?,10+/m0/s1. The molecule has 0 bridgehead atoms. The van der Waals surface area contributed by atoms with E-state index in [0.29, 0.717) is 19.4 Å². The number of aliphatic hydroxyl groups is 2. The second-order valence-electron chi connectivity index (χ2n) is 4.75. The highest BCUT2D eigenvalue weighted by molar-refractivity contribution is 6.09. The van der Waals surface area contributed by atoms with Crippen LogP contribution in [0, 0.1) is 0 Å². The van der Waals surface area contributed by atoms with Gasteiger partial charge in [-0.15, -0.1) is 0 Å². The first-order valence-electron chi connectivity index (χ1n) is 6.61. The number of hydrogen-bond acceptors (Lipinski definition) is 9. The van der Waals surface area contributed by atoms with E-state index in [9.17, 15) is 19.5 Å². The Morgan fingerprint density at radius 2 is 2.05 bits per heavy atom. The third-order valence-electron chi connectivity index (χ3n) is 3.03. The minimum Gasteiger partial charge on any atom is -0.462 e. The van der Waals surface area contributed by atoms with Crippen LogP contribution < -0.4 is 11.5 Å². The molecule has 0 radical (unpaired) electrons. The molecule has 0 amide bonds. The van der Waals surface area contributed by atoms with Gasteiger partial charge in [0.1, 0.15) is 18.8 Å². The molecule has 0 aromatic rings. The molecule has 21 heavy (non-hydrogen) atoms. The topological polar surface area (TPSA) is 162 Å². The van der Waals surface area contributed by atoms with Gasteiger partial charge in [0.05, 0.1) is 0 Å². The first kappa shape index (κ1) is 17.5. The van der Waals surface area contributed by atoms with Gasteiger partial charge in [-0.25, -0.2) is 4.79 Å². The summed E-state index contributed by atoms with van der Waals surface area (Å²) < 4.78 is 9.25. The van der Waals surface area contributed by atoms with E-state index >= 15 is 0 Å². The molecule has 1 fully saturated rings. The zero-order chi connectivity index (χ0) is 16.0. The van der Waals surface area contributed by atoms with Gasteiger partial charge in [-0.1, -0.05) is 6.42 Å². The third-order valence-corrected chi connectivity index (χ3v) is 3.03. The quantitative estimate of drug-likeness (QED) is 0.211. The molecule has 1 aliphatic rings. The molecule has 9 heteroatoms. The van der Waals surface area contributed by atoms with Crippen LogP contribution in [-0.2, 0) is 23.9 Å². The lowest BCUT2D eigenvalue weighted by molar-refractivity contribution is -0.157. The van der Waals surface area contributed by atoms with Crippen LogP contribution in [0.5, 0.6) is 0 Å². The second-order valence-corrected chi connectivity index (χ2v) is 4.75. The van der Waals surface area contributed by atoms with E-state index in [1.807, 2.05) is 0 Å². The Balaban J connectivity index is 2.35. The highest BCUT2D eigenvalue weighted by Crippen LogP contribution is 2.15. The van der Waals surface area contributed by atoms with Crippen molar-refractivity contribution in [3.05, 3.63) is 0 Å². The van der Waals surface area contributed by atoms with Gasteiger partial charge in [-0.2, -0.15) is 0 Å². The van der Waals surface area contributed by atoms with Crippen molar-refractivity contribution in [1.82, 2.24) is 0 Å². The molecule has 9 nitrogen and oxygen atoms in total. The Kier molecular flexibility index (Phi) is 6.69. The maximum absolute atomic E-state index is 11.5. The third kappa shape index (κ3) is 4.74. The van der Waals surface area contributed by atoms with Crippen LogP contribution in [0.15, 0.2) is 0 Å². The molecule has 1 saturated heterocycles. The SMILES string of the molecule is NCCCC[C@H](N)C(=O)OC[C@H](O)[C@H]1OC(=O)C(O)C1=O. The van der Waals surface area contributed by atoms with Gasteiger partial charge in [0.25, 0.3) is 0 Å². The van der Waals surface area contributed by atoms with Crippen molar-refractivity contribution in [3.8, 4) is 0 Å². The maximum atomic E-state index is 11.5. The van der Waals surface area contributed by atoms with Crippen molar-refractivity contribution in [2.24, 2.45) is 11.5 Å². The fraction of sp³-hybridized carbons (Fsp3) is 0.750. The molecule has 1 rings (SSSR count). The molecule has 0 aliphatic carbocycles. The second kappa shape index (κ2) is 8.03. The van der Waals surface area contributed by atoms with Gasteiger partial charge in [0.2, 0.25) is 11.9 Å². The van der Waals surface area contributed by atoms with Crippen molar-refractivity contribution >= 4 is 17.7 Å². The lowest BCUT2D eigenvalue weighted by Crippen LogP contribution is -2.40. The summed E-state index contributed by atoms with van der Waals surface area (Å²) in [6, 6.07) is -0.851. The number of aliphatic hydroxyl groups excluding tert-OH is 2. The van der Waals surface area contributed by atoms with E-state index in [4.69, 9.17) is 21.3 Å². The average Bonchev–Trinajstić information content (AvgIpc) is 2.72. The Hall–Kier alpha value is -1.55. The molecule has 1 aliphatic heterocycles. The summed E-state index contributed by atoms with van der Waals surface area (Å²) in [6.07, 6.45) is -3.19. The number of carbonyl (C=O) groups excluding carboxylic acids is 3. The van der Waals surface area contributed by atoms with Crippen molar-refractivity contribution in [3.63, 3.8) is 0 Å². The maximum Gasteiger partial charge on any atom is 0.343 e. The zero-order valence-electron chi connectivity index (χ0n) is 11.4. The number of nitrogens with two attached hydrogens (primary N) is 2. The number of cyclic esters (lactones) is 1. The molecule has 1 unspecified atom stereocenters. The Labute approximate surface area is 121 Å². The van der Waals surface area contributed by atoms with Gasteiger partial charge in [-0.05, 0) is 19.4 Å². The van der Waals surface area contributed by atoms with Crippen LogP contribution in [0.4, 0.5) is 0 Å². The first-order chi connectivity index (χ1) is 9.88. The summed E-state index contributed by atoms with van der Waals surface area (Å²) in [5, 5.41) is 18.8. The molecule has 120 valence electrons. The van der Waals surface area contributed by atoms with E-state index in [1.165, 1.54) is 0 Å². The Morgan fingerprint density at radius 1 is 1.38 bits per heavy atom. The summed E-state index contributed by atoms with van der Waals surface area (Å²) in [6.45, 7) is -0.0577. The van der Waals surface area contributed by atoms with Crippen LogP contribution in [0.25, 0.3) is 0 Å². The summed E-state index contributed by atoms with van der Waals surface area (Å²) in [4.78, 5) is 33.9. The van der Waals surface area contributed by atoms with Crippen LogP contribution in [0.2, 0.25) is 0 Å². The lowest BCUT2D eigenvalue weighted by atomic mass is 10.1. The Morgan fingerprint density at radius 3 is 2.57 bits per heavy atom. The number of rotatable bonds is 8. The summed E-state index contributed by atoms with van der Waals surface area (Å²) in [5.41, 5.74) is 10.9.